The average molecular weight is 300 g/mol. The molecule has 5 nitrogen and oxygen atoms in total. The van der Waals surface area contributed by atoms with Crippen LogP contribution in [0.1, 0.15) is 18.4 Å². The summed E-state index contributed by atoms with van der Waals surface area (Å²) in [6.07, 6.45) is 2.82. The van der Waals surface area contributed by atoms with E-state index in [-0.39, 0.29) is 5.91 Å². The number of methoxy groups -OCH3 is 1. The topological polar surface area (TPSA) is 60.5 Å². The van der Waals surface area contributed by atoms with Gasteiger partial charge in [-0.3, -0.25) is 4.79 Å². The zero-order chi connectivity index (χ0) is 15.6. The maximum Gasteiger partial charge on any atom is 0.220 e. The SMILES string of the molecule is COc1ccc(CNC(=O)CCCOc2ccccc2)cn1. The molecule has 1 heterocycles. The Hall–Kier alpha value is -2.56. The molecule has 1 N–H and O–H groups in total. The van der Waals surface area contributed by atoms with Crippen LogP contribution in [0.5, 0.6) is 11.6 Å². The van der Waals surface area contributed by atoms with Gasteiger partial charge in [0.2, 0.25) is 11.8 Å². The zero-order valence-electron chi connectivity index (χ0n) is 12.6. The Kier molecular flexibility index (Phi) is 6.23. The van der Waals surface area contributed by atoms with Crippen molar-refractivity contribution in [1.29, 1.82) is 0 Å². The highest BCUT2D eigenvalue weighted by molar-refractivity contribution is 5.75. The maximum absolute atomic E-state index is 11.7. The average Bonchev–Trinajstić information content (AvgIpc) is 2.58. The molecule has 0 spiro atoms. The highest BCUT2D eigenvalue weighted by Crippen LogP contribution is 2.09. The lowest BCUT2D eigenvalue weighted by atomic mass is 10.2. The first-order chi connectivity index (χ1) is 10.8. The summed E-state index contributed by atoms with van der Waals surface area (Å²) in [4.78, 5) is 15.8. The van der Waals surface area contributed by atoms with Crippen LogP contribution < -0.4 is 14.8 Å². The van der Waals surface area contributed by atoms with Crippen LogP contribution in [-0.2, 0) is 11.3 Å². The lowest BCUT2D eigenvalue weighted by Crippen LogP contribution is -2.23. The molecule has 0 unspecified atom stereocenters. The van der Waals surface area contributed by atoms with Crippen LogP contribution in [0.2, 0.25) is 0 Å². The van der Waals surface area contributed by atoms with Crippen LogP contribution in [0.3, 0.4) is 0 Å². The van der Waals surface area contributed by atoms with E-state index in [0.29, 0.717) is 31.9 Å². The molecule has 0 saturated heterocycles. The van der Waals surface area contributed by atoms with Crippen molar-refractivity contribution in [1.82, 2.24) is 10.3 Å². The number of hydrogen-bond acceptors (Lipinski definition) is 4. The highest BCUT2D eigenvalue weighted by Gasteiger charge is 2.02. The zero-order valence-corrected chi connectivity index (χ0v) is 12.6. The number of carbonyl (C=O) groups excluding carboxylic acids is 1. The van der Waals surface area contributed by atoms with Gasteiger partial charge < -0.3 is 14.8 Å². The summed E-state index contributed by atoms with van der Waals surface area (Å²) in [6.45, 7) is 0.997. The summed E-state index contributed by atoms with van der Waals surface area (Å²) < 4.78 is 10.5. The molecule has 0 aliphatic rings. The molecule has 0 fully saturated rings. The van der Waals surface area contributed by atoms with Gasteiger partial charge in [0.15, 0.2) is 0 Å². The summed E-state index contributed by atoms with van der Waals surface area (Å²) in [7, 11) is 1.57. The lowest BCUT2D eigenvalue weighted by molar-refractivity contribution is -0.121. The van der Waals surface area contributed by atoms with Crippen molar-refractivity contribution < 1.29 is 14.3 Å². The molecule has 116 valence electrons. The Morgan fingerprint density at radius 1 is 1.18 bits per heavy atom. The second-order valence-corrected chi connectivity index (χ2v) is 4.75. The fourth-order valence-electron chi connectivity index (χ4n) is 1.86. The number of nitrogens with one attached hydrogen (secondary N) is 1. The van der Waals surface area contributed by atoms with E-state index in [4.69, 9.17) is 9.47 Å². The first-order valence-corrected chi connectivity index (χ1v) is 7.21. The molecule has 0 aliphatic carbocycles. The van der Waals surface area contributed by atoms with E-state index in [1.165, 1.54) is 0 Å². The number of hydrogen-bond donors (Lipinski definition) is 1. The van der Waals surface area contributed by atoms with E-state index in [1.54, 1.807) is 19.4 Å². The Morgan fingerprint density at radius 2 is 2.00 bits per heavy atom. The van der Waals surface area contributed by atoms with Gasteiger partial charge in [-0.1, -0.05) is 24.3 Å². The van der Waals surface area contributed by atoms with E-state index in [1.807, 2.05) is 36.4 Å². The second kappa shape index (κ2) is 8.67. The smallest absolute Gasteiger partial charge is 0.220 e. The predicted octanol–water partition coefficient (Wildman–Crippen LogP) is 2.57. The number of ether oxygens (including phenoxy) is 2. The standard InChI is InChI=1S/C17H20N2O3/c1-21-17-10-9-14(13-19-17)12-18-16(20)8-5-11-22-15-6-3-2-4-7-15/h2-4,6-7,9-10,13H,5,8,11-12H2,1H3,(H,18,20). The molecule has 1 aromatic heterocycles. The number of carbonyl (C=O) groups is 1. The summed E-state index contributed by atoms with van der Waals surface area (Å²) in [5.74, 6) is 1.40. The number of aromatic nitrogens is 1. The number of benzene rings is 1. The molecule has 1 amide bonds. The van der Waals surface area contributed by atoms with Gasteiger partial charge in [-0.25, -0.2) is 4.98 Å². The molecule has 5 heteroatoms. The van der Waals surface area contributed by atoms with Crippen molar-refractivity contribution in [2.75, 3.05) is 13.7 Å². The van der Waals surface area contributed by atoms with E-state index >= 15 is 0 Å². The Labute approximate surface area is 130 Å². The van der Waals surface area contributed by atoms with Crippen molar-refractivity contribution >= 4 is 5.91 Å². The minimum atomic E-state index is 0.00693. The van der Waals surface area contributed by atoms with Crippen molar-refractivity contribution in [3.8, 4) is 11.6 Å². The Balaban J connectivity index is 1.61. The van der Waals surface area contributed by atoms with Gasteiger partial charge in [-0.05, 0) is 24.1 Å². The summed E-state index contributed by atoms with van der Waals surface area (Å²) >= 11 is 0. The van der Waals surface area contributed by atoms with Gasteiger partial charge in [0, 0.05) is 25.2 Å². The molecule has 22 heavy (non-hydrogen) atoms. The molecule has 2 aromatic rings. The minimum absolute atomic E-state index is 0.00693. The first kappa shape index (κ1) is 15.8. The van der Waals surface area contributed by atoms with Gasteiger partial charge in [-0.15, -0.1) is 0 Å². The summed E-state index contributed by atoms with van der Waals surface area (Å²) in [5.41, 5.74) is 0.940. The van der Waals surface area contributed by atoms with Gasteiger partial charge in [0.05, 0.1) is 13.7 Å². The van der Waals surface area contributed by atoms with E-state index in [9.17, 15) is 4.79 Å². The monoisotopic (exact) mass is 300 g/mol. The van der Waals surface area contributed by atoms with Crippen molar-refractivity contribution in [2.45, 2.75) is 19.4 Å². The van der Waals surface area contributed by atoms with Crippen LogP contribution in [0.25, 0.3) is 0 Å². The van der Waals surface area contributed by atoms with Crippen molar-refractivity contribution in [3.05, 3.63) is 54.2 Å². The highest BCUT2D eigenvalue weighted by atomic mass is 16.5. The van der Waals surface area contributed by atoms with Crippen LogP contribution in [-0.4, -0.2) is 24.6 Å². The summed E-state index contributed by atoms with van der Waals surface area (Å²) in [5, 5.41) is 2.86. The number of nitrogens with zero attached hydrogens (tertiary/aromatic N) is 1. The predicted molar refractivity (Wildman–Crippen MR) is 83.8 cm³/mol. The maximum atomic E-state index is 11.7. The number of para-hydroxylation sites is 1. The number of amides is 1. The molecule has 0 radical (unpaired) electrons. The third-order valence-corrected chi connectivity index (χ3v) is 3.06. The molecule has 0 saturated carbocycles. The second-order valence-electron chi connectivity index (χ2n) is 4.75. The Morgan fingerprint density at radius 3 is 2.68 bits per heavy atom. The largest absolute Gasteiger partial charge is 0.494 e. The van der Waals surface area contributed by atoms with Crippen LogP contribution >= 0.6 is 0 Å². The van der Waals surface area contributed by atoms with Gasteiger partial charge in [0.25, 0.3) is 0 Å². The molecule has 1 aromatic carbocycles. The van der Waals surface area contributed by atoms with Crippen LogP contribution in [0, 0.1) is 0 Å². The molecule has 0 atom stereocenters. The third kappa shape index (κ3) is 5.44. The molecule has 2 rings (SSSR count). The number of rotatable bonds is 8. The molecular weight excluding hydrogens is 280 g/mol. The van der Waals surface area contributed by atoms with Gasteiger partial charge in [-0.2, -0.15) is 0 Å². The lowest BCUT2D eigenvalue weighted by Gasteiger charge is -2.07. The van der Waals surface area contributed by atoms with E-state index < -0.39 is 0 Å². The van der Waals surface area contributed by atoms with E-state index in [2.05, 4.69) is 10.3 Å². The van der Waals surface area contributed by atoms with Crippen LogP contribution in [0.15, 0.2) is 48.7 Å². The molecular formula is C17H20N2O3. The van der Waals surface area contributed by atoms with Crippen molar-refractivity contribution in [2.24, 2.45) is 0 Å². The first-order valence-electron chi connectivity index (χ1n) is 7.21. The van der Waals surface area contributed by atoms with Crippen LogP contribution in [0.4, 0.5) is 0 Å². The Bertz CT molecular complexity index is 570. The third-order valence-electron chi connectivity index (χ3n) is 3.06. The van der Waals surface area contributed by atoms with Gasteiger partial charge >= 0.3 is 0 Å². The minimum Gasteiger partial charge on any atom is -0.494 e. The fourth-order valence-corrected chi connectivity index (χ4v) is 1.86. The van der Waals surface area contributed by atoms with E-state index in [0.717, 1.165) is 11.3 Å². The molecule has 0 bridgehead atoms. The number of pyridine rings is 1. The normalized spacial score (nSPS) is 10.0. The van der Waals surface area contributed by atoms with Crippen molar-refractivity contribution in [3.63, 3.8) is 0 Å². The molecule has 0 aliphatic heterocycles. The van der Waals surface area contributed by atoms with Gasteiger partial charge in [0.1, 0.15) is 5.75 Å². The quantitative estimate of drug-likeness (QED) is 0.761. The fraction of sp³-hybridized carbons (Fsp3) is 0.294. The summed E-state index contributed by atoms with van der Waals surface area (Å²) in [6, 6.07) is 13.2.